The van der Waals surface area contributed by atoms with E-state index in [0.29, 0.717) is 23.0 Å². The zero-order chi connectivity index (χ0) is 20.8. The number of fused-ring (bicyclic) bond motifs is 1. The summed E-state index contributed by atoms with van der Waals surface area (Å²) in [5.74, 6) is 1.66. The Morgan fingerprint density at radius 3 is 2.80 bits per heavy atom. The largest absolute Gasteiger partial charge is 0.497 e. The van der Waals surface area contributed by atoms with Crippen LogP contribution in [-0.2, 0) is 20.9 Å². The second kappa shape index (κ2) is 7.35. The molecule has 0 bridgehead atoms. The van der Waals surface area contributed by atoms with E-state index in [0.717, 1.165) is 24.8 Å². The first-order valence-electron chi connectivity index (χ1n) is 10.5. The maximum atomic E-state index is 13.6. The molecule has 0 N–H and O–H groups in total. The number of hydrogen-bond acceptors (Lipinski definition) is 5. The van der Waals surface area contributed by atoms with Crippen molar-refractivity contribution in [3.8, 4) is 5.75 Å². The first-order valence-corrected chi connectivity index (χ1v) is 10.5. The Kier molecular flexibility index (Phi) is 4.65. The normalized spacial score (nSPS) is 28.3. The SMILES string of the molecule is COc1cccc(C2C3=C(OC4CCC(C)CC4C3=O)C(=O)N2Cc2ccco2)c1. The molecule has 4 unspecified atom stereocenters. The fourth-order valence-corrected chi connectivity index (χ4v) is 5.02. The molecule has 30 heavy (non-hydrogen) atoms. The van der Waals surface area contributed by atoms with Gasteiger partial charge in [0.25, 0.3) is 5.91 Å². The summed E-state index contributed by atoms with van der Waals surface area (Å²) in [6.07, 6.45) is 4.01. The lowest BCUT2D eigenvalue weighted by Gasteiger charge is -2.37. The first-order chi connectivity index (χ1) is 14.6. The van der Waals surface area contributed by atoms with E-state index in [1.165, 1.54) is 0 Å². The molecule has 4 atom stereocenters. The van der Waals surface area contributed by atoms with Crippen LogP contribution < -0.4 is 4.74 Å². The van der Waals surface area contributed by atoms with Crippen molar-refractivity contribution in [3.63, 3.8) is 0 Å². The van der Waals surface area contributed by atoms with Crippen molar-refractivity contribution < 1.29 is 23.5 Å². The lowest BCUT2D eigenvalue weighted by atomic mass is 9.74. The fourth-order valence-electron chi connectivity index (χ4n) is 5.02. The Morgan fingerprint density at radius 2 is 2.03 bits per heavy atom. The van der Waals surface area contributed by atoms with Gasteiger partial charge in [0, 0.05) is 0 Å². The van der Waals surface area contributed by atoms with Crippen molar-refractivity contribution in [2.75, 3.05) is 7.11 Å². The number of Topliss-reactive ketones (excluding diaryl/α,β-unsaturated/α-hetero) is 1. The van der Waals surface area contributed by atoms with Crippen LogP contribution in [0.3, 0.4) is 0 Å². The van der Waals surface area contributed by atoms with Crippen LogP contribution in [-0.4, -0.2) is 29.8 Å². The molecule has 1 aliphatic carbocycles. The molecule has 5 rings (SSSR count). The van der Waals surface area contributed by atoms with Gasteiger partial charge in [0.05, 0.1) is 37.5 Å². The second-order valence-electron chi connectivity index (χ2n) is 8.48. The number of carbonyl (C=O) groups is 2. The highest BCUT2D eigenvalue weighted by Crippen LogP contribution is 2.48. The van der Waals surface area contributed by atoms with Gasteiger partial charge in [0.2, 0.25) is 0 Å². The Labute approximate surface area is 175 Å². The van der Waals surface area contributed by atoms with Crippen molar-refractivity contribution in [1.29, 1.82) is 0 Å². The Hall–Kier alpha value is -3.02. The topological polar surface area (TPSA) is 69.0 Å². The van der Waals surface area contributed by atoms with Crippen molar-refractivity contribution in [2.45, 2.75) is 44.9 Å². The maximum absolute atomic E-state index is 13.6. The number of furan rings is 1. The second-order valence-corrected chi connectivity index (χ2v) is 8.48. The van der Waals surface area contributed by atoms with E-state index >= 15 is 0 Å². The first kappa shape index (κ1) is 19.0. The third-order valence-corrected chi connectivity index (χ3v) is 6.52. The summed E-state index contributed by atoms with van der Waals surface area (Å²) in [6.45, 7) is 2.44. The van der Waals surface area contributed by atoms with Crippen molar-refractivity contribution in [2.24, 2.45) is 11.8 Å². The van der Waals surface area contributed by atoms with Crippen LogP contribution in [0, 0.1) is 11.8 Å². The highest BCUT2D eigenvalue weighted by atomic mass is 16.5. The minimum absolute atomic E-state index is 0.0518. The lowest BCUT2D eigenvalue weighted by molar-refractivity contribution is -0.136. The maximum Gasteiger partial charge on any atom is 0.290 e. The molecule has 1 saturated carbocycles. The summed E-state index contributed by atoms with van der Waals surface area (Å²) in [5.41, 5.74) is 1.31. The number of ether oxygens (including phenoxy) is 2. The minimum atomic E-state index is -0.515. The molecule has 1 aromatic heterocycles. The zero-order valence-electron chi connectivity index (χ0n) is 17.2. The van der Waals surface area contributed by atoms with Gasteiger partial charge in [0.1, 0.15) is 17.6 Å². The van der Waals surface area contributed by atoms with Crippen LogP contribution in [0.5, 0.6) is 5.75 Å². The van der Waals surface area contributed by atoms with Gasteiger partial charge in [-0.05, 0) is 55.0 Å². The molecular weight excluding hydrogens is 382 g/mol. The average molecular weight is 407 g/mol. The molecule has 3 heterocycles. The number of nitrogens with zero attached hydrogens (tertiary/aromatic N) is 1. The number of hydrogen-bond donors (Lipinski definition) is 0. The number of ketones is 1. The third kappa shape index (κ3) is 3.02. The van der Waals surface area contributed by atoms with Crippen molar-refractivity contribution in [3.05, 3.63) is 65.3 Å². The average Bonchev–Trinajstić information content (AvgIpc) is 3.36. The fraction of sp³-hybridized carbons (Fsp3) is 0.417. The predicted molar refractivity (Wildman–Crippen MR) is 108 cm³/mol. The van der Waals surface area contributed by atoms with Crippen molar-refractivity contribution in [1.82, 2.24) is 4.90 Å². The van der Waals surface area contributed by atoms with Crippen LogP contribution in [0.15, 0.2) is 58.4 Å². The summed E-state index contributed by atoms with van der Waals surface area (Å²) < 4.78 is 17.1. The third-order valence-electron chi connectivity index (χ3n) is 6.52. The monoisotopic (exact) mass is 407 g/mol. The predicted octanol–water partition coefficient (Wildman–Crippen LogP) is 4.03. The Morgan fingerprint density at radius 1 is 1.17 bits per heavy atom. The number of methoxy groups -OCH3 is 1. The molecule has 156 valence electrons. The van der Waals surface area contributed by atoms with Crippen LogP contribution in [0.25, 0.3) is 0 Å². The Bertz CT molecular complexity index is 1010. The molecule has 1 amide bonds. The van der Waals surface area contributed by atoms with E-state index in [1.807, 2.05) is 30.3 Å². The van der Waals surface area contributed by atoms with Crippen LogP contribution in [0.4, 0.5) is 0 Å². The van der Waals surface area contributed by atoms with Gasteiger partial charge in [0.15, 0.2) is 11.5 Å². The standard InChI is InChI=1S/C24H25NO5/c1-14-8-9-19-18(11-14)22(26)20-21(15-5-3-6-16(12-15)28-2)25(24(27)23(20)30-19)13-17-7-4-10-29-17/h3-7,10,12,14,18-19,21H,8-9,11,13H2,1-2H3. The van der Waals surface area contributed by atoms with Gasteiger partial charge >= 0.3 is 0 Å². The molecule has 1 fully saturated rings. The lowest BCUT2D eigenvalue weighted by Crippen LogP contribution is -2.41. The smallest absolute Gasteiger partial charge is 0.290 e. The molecule has 2 aromatic rings. The number of benzene rings is 1. The molecule has 0 spiro atoms. The number of carbonyl (C=O) groups excluding carboxylic acids is 2. The van der Waals surface area contributed by atoms with Gasteiger partial charge in [-0.1, -0.05) is 19.1 Å². The van der Waals surface area contributed by atoms with Crippen LogP contribution >= 0.6 is 0 Å². The van der Waals surface area contributed by atoms with Gasteiger partial charge in [-0.25, -0.2) is 0 Å². The Balaban J connectivity index is 1.59. The highest BCUT2D eigenvalue weighted by molar-refractivity contribution is 6.11. The molecule has 3 aliphatic rings. The summed E-state index contributed by atoms with van der Waals surface area (Å²) in [4.78, 5) is 28.7. The molecule has 0 saturated heterocycles. The van der Waals surface area contributed by atoms with E-state index in [2.05, 4.69) is 6.92 Å². The van der Waals surface area contributed by atoms with E-state index < -0.39 is 6.04 Å². The van der Waals surface area contributed by atoms with Gasteiger partial charge in [-0.2, -0.15) is 0 Å². The quantitative estimate of drug-likeness (QED) is 0.765. The summed E-state index contributed by atoms with van der Waals surface area (Å²) >= 11 is 0. The summed E-state index contributed by atoms with van der Waals surface area (Å²) in [5, 5.41) is 0. The van der Waals surface area contributed by atoms with Gasteiger partial charge in [-0.3, -0.25) is 9.59 Å². The summed E-state index contributed by atoms with van der Waals surface area (Å²) in [7, 11) is 1.60. The van der Waals surface area contributed by atoms with E-state index in [4.69, 9.17) is 13.9 Å². The molecule has 6 nitrogen and oxygen atoms in total. The molecular formula is C24H25NO5. The van der Waals surface area contributed by atoms with E-state index in [-0.39, 0.29) is 36.0 Å². The highest BCUT2D eigenvalue weighted by Gasteiger charge is 2.52. The number of amides is 1. The van der Waals surface area contributed by atoms with Crippen LogP contribution in [0.2, 0.25) is 0 Å². The summed E-state index contributed by atoms with van der Waals surface area (Å²) in [6, 6.07) is 10.6. The van der Waals surface area contributed by atoms with Gasteiger partial charge in [-0.15, -0.1) is 0 Å². The van der Waals surface area contributed by atoms with E-state index in [1.54, 1.807) is 24.3 Å². The van der Waals surface area contributed by atoms with Crippen molar-refractivity contribution >= 4 is 11.7 Å². The molecule has 2 aliphatic heterocycles. The van der Waals surface area contributed by atoms with Crippen LogP contribution in [0.1, 0.15) is 43.6 Å². The van der Waals surface area contributed by atoms with Gasteiger partial charge < -0.3 is 18.8 Å². The molecule has 6 heteroatoms. The number of rotatable bonds is 4. The molecule has 0 radical (unpaired) electrons. The zero-order valence-corrected chi connectivity index (χ0v) is 17.2. The molecule has 1 aromatic carbocycles. The van der Waals surface area contributed by atoms with E-state index in [9.17, 15) is 9.59 Å². The minimum Gasteiger partial charge on any atom is -0.497 e.